The van der Waals surface area contributed by atoms with Crippen molar-refractivity contribution in [3.05, 3.63) is 53.5 Å². The molecule has 0 aliphatic rings. The summed E-state index contributed by atoms with van der Waals surface area (Å²) < 4.78 is 5.42. The molecule has 20 heavy (non-hydrogen) atoms. The van der Waals surface area contributed by atoms with E-state index in [1.165, 1.54) is 11.8 Å². The maximum Gasteiger partial charge on any atom is 0.268 e. The number of hydrogen-bond donors (Lipinski definition) is 2. The fourth-order valence-electron chi connectivity index (χ4n) is 2.14. The van der Waals surface area contributed by atoms with Crippen LogP contribution in [0.15, 0.2) is 41.0 Å². The summed E-state index contributed by atoms with van der Waals surface area (Å²) in [5.41, 5.74) is 4.90. The van der Waals surface area contributed by atoms with Crippen molar-refractivity contribution in [3.63, 3.8) is 0 Å². The first-order chi connectivity index (χ1) is 9.65. The van der Waals surface area contributed by atoms with Gasteiger partial charge in [0, 0.05) is 12.2 Å². The van der Waals surface area contributed by atoms with Crippen LogP contribution in [0, 0.1) is 6.92 Å². The Kier molecular flexibility index (Phi) is 4.42. The highest BCUT2D eigenvalue weighted by Gasteiger charge is 2.13. The van der Waals surface area contributed by atoms with Crippen LogP contribution in [0.3, 0.4) is 0 Å². The minimum absolute atomic E-state index is 0.348. The van der Waals surface area contributed by atoms with Crippen LogP contribution in [0.1, 0.15) is 28.6 Å². The Labute approximate surface area is 118 Å². The number of rotatable bonds is 5. The van der Waals surface area contributed by atoms with Gasteiger partial charge in [-0.2, -0.15) is 0 Å². The molecule has 2 rings (SSSR count). The molecule has 1 aromatic carbocycles. The van der Waals surface area contributed by atoms with E-state index < -0.39 is 0 Å². The van der Waals surface area contributed by atoms with Gasteiger partial charge in [-0.25, -0.2) is 5.84 Å². The molecule has 3 N–H and O–H groups in total. The summed E-state index contributed by atoms with van der Waals surface area (Å²) in [6.07, 6.45) is 1.42. The third kappa shape index (κ3) is 3.00. The zero-order valence-electron chi connectivity index (χ0n) is 11.7. The zero-order valence-corrected chi connectivity index (χ0v) is 11.7. The molecule has 106 valence electrons. The van der Waals surface area contributed by atoms with Gasteiger partial charge in [0.15, 0.2) is 0 Å². The molecule has 0 bridgehead atoms. The Morgan fingerprint density at radius 2 is 2.15 bits per heavy atom. The summed E-state index contributed by atoms with van der Waals surface area (Å²) >= 11 is 0. The monoisotopic (exact) mass is 273 g/mol. The first-order valence-electron chi connectivity index (χ1n) is 6.54. The lowest BCUT2D eigenvalue weighted by atomic mass is 10.1. The molecular weight excluding hydrogens is 254 g/mol. The Bertz CT molecular complexity index is 592. The van der Waals surface area contributed by atoms with Crippen LogP contribution in [0.5, 0.6) is 0 Å². The van der Waals surface area contributed by atoms with Crippen LogP contribution >= 0.6 is 0 Å². The van der Waals surface area contributed by atoms with Crippen molar-refractivity contribution in [1.29, 1.82) is 0 Å². The molecule has 0 radical (unpaired) electrons. The van der Waals surface area contributed by atoms with Crippen LogP contribution in [-0.2, 0) is 6.54 Å². The summed E-state index contributed by atoms with van der Waals surface area (Å²) in [4.78, 5) is 13.6. The van der Waals surface area contributed by atoms with Gasteiger partial charge < -0.3 is 9.32 Å². The average Bonchev–Trinajstić information content (AvgIpc) is 2.93. The smallest absolute Gasteiger partial charge is 0.268 e. The van der Waals surface area contributed by atoms with Gasteiger partial charge >= 0.3 is 0 Å². The first-order valence-corrected chi connectivity index (χ1v) is 6.54. The molecular formula is C15H19N3O2. The third-order valence-electron chi connectivity index (χ3n) is 3.23. The number of carbonyl (C=O) groups excluding carboxylic acids is 1. The van der Waals surface area contributed by atoms with Crippen molar-refractivity contribution in [2.24, 2.45) is 5.84 Å². The highest BCUT2D eigenvalue weighted by molar-refractivity contribution is 5.93. The fourth-order valence-corrected chi connectivity index (χ4v) is 2.14. The van der Waals surface area contributed by atoms with E-state index in [1.807, 2.05) is 12.1 Å². The van der Waals surface area contributed by atoms with Gasteiger partial charge in [-0.3, -0.25) is 10.2 Å². The molecule has 0 atom stereocenters. The van der Waals surface area contributed by atoms with Gasteiger partial charge in [-0.1, -0.05) is 18.2 Å². The average molecular weight is 273 g/mol. The molecule has 0 fully saturated rings. The molecule has 1 aromatic heterocycles. The molecule has 0 aliphatic carbocycles. The lowest BCUT2D eigenvalue weighted by molar-refractivity contribution is 0.0953. The summed E-state index contributed by atoms with van der Waals surface area (Å²) in [6.45, 7) is 5.62. The Hall–Kier alpha value is -2.27. The lowest BCUT2D eigenvalue weighted by Crippen LogP contribution is -2.29. The predicted molar refractivity (Wildman–Crippen MR) is 78.3 cm³/mol. The molecule has 0 saturated heterocycles. The number of aryl methyl sites for hydroxylation is 1. The van der Waals surface area contributed by atoms with E-state index >= 15 is 0 Å². The topological polar surface area (TPSA) is 71.5 Å². The van der Waals surface area contributed by atoms with Gasteiger partial charge in [-0.05, 0) is 31.5 Å². The molecule has 0 saturated carbocycles. The number of anilines is 1. The van der Waals surface area contributed by atoms with Crippen LogP contribution < -0.4 is 16.2 Å². The summed E-state index contributed by atoms with van der Waals surface area (Å²) in [6, 6.07) is 9.90. The van der Waals surface area contributed by atoms with E-state index in [9.17, 15) is 4.79 Å². The molecule has 5 nitrogen and oxygen atoms in total. The van der Waals surface area contributed by atoms with E-state index in [2.05, 4.69) is 36.3 Å². The predicted octanol–water partition coefficient (Wildman–Crippen LogP) is 2.22. The number of nitrogens with one attached hydrogen (secondary N) is 1. The van der Waals surface area contributed by atoms with Crippen molar-refractivity contribution in [1.82, 2.24) is 5.43 Å². The van der Waals surface area contributed by atoms with Crippen molar-refractivity contribution in [2.75, 3.05) is 11.4 Å². The number of nitrogen functional groups attached to an aromatic ring is 1. The Morgan fingerprint density at radius 3 is 2.80 bits per heavy atom. The number of hydrazine groups is 1. The Balaban J connectivity index is 2.17. The Morgan fingerprint density at radius 1 is 1.40 bits per heavy atom. The number of hydrogen-bond acceptors (Lipinski definition) is 4. The standard InChI is InChI=1S/C15H19N3O2/c1-3-18(14-7-5-4-6-11(14)2)9-13-8-12(10-20-13)15(19)17-16/h4-8,10H,3,9,16H2,1-2H3,(H,17,19). The summed E-state index contributed by atoms with van der Waals surface area (Å²) in [5.74, 6) is 5.48. The second kappa shape index (κ2) is 6.25. The van der Waals surface area contributed by atoms with Gasteiger partial charge in [0.25, 0.3) is 5.91 Å². The number of benzene rings is 1. The number of nitrogens with two attached hydrogens (primary N) is 1. The van der Waals surface area contributed by atoms with Gasteiger partial charge in [0.2, 0.25) is 0 Å². The minimum Gasteiger partial charge on any atom is -0.467 e. The van der Waals surface area contributed by atoms with E-state index in [0.717, 1.165) is 18.0 Å². The highest BCUT2D eigenvalue weighted by atomic mass is 16.3. The second-order valence-corrected chi connectivity index (χ2v) is 4.58. The number of para-hydroxylation sites is 1. The first kappa shape index (κ1) is 14.1. The van der Waals surface area contributed by atoms with Crippen LogP contribution in [0.4, 0.5) is 5.69 Å². The third-order valence-corrected chi connectivity index (χ3v) is 3.23. The minimum atomic E-state index is -0.348. The molecule has 0 unspecified atom stereocenters. The van der Waals surface area contributed by atoms with Gasteiger partial charge in [0.1, 0.15) is 12.0 Å². The van der Waals surface area contributed by atoms with Crippen molar-refractivity contribution < 1.29 is 9.21 Å². The molecule has 0 aliphatic heterocycles. The number of carbonyl (C=O) groups is 1. The van der Waals surface area contributed by atoms with Gasteiger partial charge in [-0.15, -0.1) is 0 Å². The van der Waals surface area contributed by atoms with E-state index in [0.29, 0.717) is 12.1 Å². The maximum absolute atomic E-state index is 11.4. The molecule has 0 spiro atoms. The quantitative estimate of drug-likeness (QED) is 0.498. The molecule has 1 heterocycles. The van der Waals surface area contributed by atoms with E-state index in [-0.39, 0.29) is 5.91 Å². The van der Waals surface area contributed by atoms with Crippen molar-refractivity contribution in [2.45, 2.75) is 20.4 Å². The van der Waals surface area contributed by atoms with E-state index in [4.69, 9.17) is 10.3 Å². The lowest BCUT2D eigenvalue weighted by Gasteiger charge is -2.23. The number of nitrogens with zero attached hydrogens (tertiary/aromatic N) is 1. The molecule has 1 amide bonds. The second-order valence-electron chi connectivity index (χ2n) is 4.58. The summed E-state index contributed by atoms with van der Waals surface area (Å²) in [5, 5.41) is 0. The highest BCUT2D eigenvalue weighted by Crippen LogP contribution is 2.22. The van der Waals surface area contributed by atoms with Crippen LogP contribution in [0.2, 0.25) is 0 Å². The SMILES string of the molecule is CCN(Cc1cc(C(=O)NN)co1)c1ccccc1C. The number of amides is 1. The molecule has 5 heteroatoms. The van der Waals surface area contributed by atoms with Crippen molar-refractivity contribution in [3.8, 4) is 0 Å². The van der Waals surface area contributed by atoms with Gasteiger partial charge in [0.05, 0.1) is 12.1 Å². The fraction of sp³-hybridized carbons (Fsp3) is 0.267. The maximum atomic E-state index is 11.4. The van der Waals surface area contributed by atoms with E-state index in [1.54, 1.807) is 6.07 Å². The largest absolute Gasteiger partial charge is 0.467 e. The number of furan rings is 1. The van der Waals surface area contributed by atoms with Crippen LogP contribution in [-0.4, -0.2) is 12.5 Å². The van der Waals surface area contributed by atoms with Crippen molar-refractivity contribution >= 4 is 11.6 Å². The zero-order chi connectivity index (χ0) is 14.5. The summed E-state index contributed by atoms with van der Waals surface area (Å²) in [7, 11) is 0. The molecule has 2 aromatic rings. The normalized spacial score (nSPS) is 10.3. The van der Waals surface area contributed by atoms with Crippen LogP contribution in [0.25, 0.3) is 0 Å².